The van der Waals surface area contributed by atoms with Crippen molar-refractivity contribution in [3.8, 4) is 0 Å². The van der Waals surface area contributed by atoms with Crippen LogP contribution in [-0.2, 0) is 4.79 Å². The van der Waals surface area contributed by atoms with Crippen molar-refractivity contribution in [1.82, 2.24) is 10.2 Å². The van der Waals surface area contributed by atoms with Crippen LogP contribution in [0.3, 0.4) is 0 Å². The Morgan fingerprint density at radius 2 is 1.95 bits per heavy atom. The SMILES string of the molecule is O=C(O)CC(CN1CCCNCC1)C(=O)c1ccc(Cl)cc1. The molecule has 22 heavy (non-hydrogen) atoms. The average Bonchev–Trinajstić information content (AvgIpc) is 2.75. The summed E-state index contributed by atoms with van der Waals surface area (Å²) in [6.07, 6.45) is 0.861. The third kappa shape index (κ3) is 5.09. The summed E-state index contributed by atoms with van der Waals surface area (Å²) in [6.45, 7) is 4.04. The van der Waals surface area contributed by atoms with Crippen molar-refractivity contribution >= 4 is 23.4 Å². The highest BCUT2D eigenvalue weighted by atomic mass is 35.5. The van der Waals surface area contributed by atoms with Gasteiger partial charge in [0.25, 0.3) is 0 Å². The maximum atomic E-state index is 12.6. The molecule has 0 spiro atoms. The first kappa shape index (κ1) is 16.9. The van der Waals surface area contributed by atoms with E-state index < -0.39 is 11.9 Å². The van der Waals surface area contributed by atoms with Crippen LogP contribution in [0.4, 0.5) is 0 Å². The first-order valence-corrected chi connectivity index (χ1v) is 7.88. The van der Waals surface area contributed by atoms with Crippen LogP contribution in [0.5, 0.6) is 0 Å². The summed E-state index contributed by atoms with van der Waals surface area (Å²) in [7, 11) is 0. The quantitative estimate of drug-likeness (QED) is 0.782. The third-order valence-electron chi connectivity index (χ3n) is 3.83. The van der Waals surface area contributed by atoms with Crippen LogP contribution >= 0.6 is 11.6 Å². The van der Waals surface area contributed by atoms with Crippen LogP contribution in [0.15, 0.2) is 24.3 Å². The van der Waals surface area contributed by atoms with Gasteiger partial charge >= 0.3 is 5.97 Å². The van der Waals surface area contributed by atoms with Gasteiger partial charge in [0.1, 0.15) is 0 Å². The van der Waals surface area contributed by atoms with Gasteiger partial charge in [-0.1, -0.05) is 11.6 Å². The molecule has 0 bridgehead atoms. The van der Waals surface area contributed by atoms with E-state index in [1.54, 1.807) is 24.3 Å². The van der Waals surface area contributed by atoms with Gasteiger partial charge < -0.3 is 15.3 Å². The summed E-state index contributed by atoms with van der Waals surface area (Å²) in [5, 5.41) is 13.0. The van der Waals surface area contributed by atoms with Crippen LogP contribution in [-0.4, -0.2) is 54.5 Å². The number of carbonyl (C=O) groups is 2. The Morgan fingerprint density at radius 3 is 2.64 bits per heavy atom. The fraction of sp³-hybridized carbons (Fsp3) is 0.500. The van der Waals surface area contributed by atoms with Gasteiger partial charge in [-0.3, -0.25) is 9.59 Å². The van der Waals surface area contributed by atoms with Crippen LogP contribution in [0, 0.1) is 5.92 Å². The standard InChI is InChI=1S/C16H21ClN2O3/c17-14-4-2-12(3-5-14)16(22)13(10-15(20)21)11-19-8-1-6-18-7-9-19/h2-5,13,18H,1,6-11H2,(H,20,21). The number of benzene rings is 1. The van der Waals surface area contributed by atoms with Gasteiger partial charge in [-0.15, -0.1) is 0 Å². The lowest BCUT2D eigenvalue weighted by Gasteiger charge is -2.24. The van der Waals surface area contributed by atoms with Crippen LogP contribution in [0.25, 0.3) is 0 Å². The van der Waals surface area contributed by atoms with Gasteiger partial charge in [0.05, 0.1) is 6.42 Å². The number of hydrogen-bond acceptors (Lipinski definition) is 4. The largest absolute Gasteiger partial charge is 0.481 e. The Labute approximate surface area is 135 Å². The van der Waals surface area contributed by atoms with Gasteiger partial charge in [0, 0.05) is 36.1 Å². The molecule has 120 valence electrons. The average molecular weight is 325 g/mol. The lowest BCUT2D eigenvalue weighted by molar-refractivity contribution is -0.137. The van der Waals surface area contributed by atoms with Crippen molar-refractivity contribution in [3.63, 3.8) is 0 Å². The maximum absolute atomic E-state index is 12.6. The van der Waals surface area contributed by atoms with Gasteiger partial charge in [0.15, 0.2) is 5.78 Å². The van der Waals surface area contributed by atoms with E-state index in [1.807, 2.05) is 0 Å². The summed E-state index contributed by atoms with van der Waals surface area (Å²) in [5.41, 5.74) is 0.517. The fourth-order valence-corrected chi connectivity index (χ4v) is 2.82. The van der Waals surface area contributed by atoms with E-state index in [-0.39, 0.29) is 12.2 Å². The molecule has 1 aliphatic heterocycles. The first-order chi connectivity index (χ1) is 10.6. The minimum absolute atomic E-state index is 0.128. The fourth-order valence-electron chi connectivity index (χ4n) is 2.70. The van der Waals surface area contributed by atoms with E-state index in [0.29, 0.717) is 17.1 Å². The number of nitrogens with one attached hydrogen (secondary N) is 1. The van der Waals surface area contributed by atoms with Crippen molar-refractivity contribution in [2.24, 2.45) is 5.92 Å². The predicted octanol–water partition coefficient (Wildman–Crippen LogP) is 1.91. The van der Waals surface area contributed by atoms with E-state index in [1.165, 1.54) is 0 Å². The second-order valence-electron chi connectivity index (χ2n) is 5.57. The number of carboxylic acid groups (broad SMARTS) is 1. The second kappa shape index (κ2) is 8.27. The number of rotatable bonds is 6. The van der Waals surface area contributed by atoms with Crippen molar-refractivity contribution in [3.05, 3.63) is 34.9 Å². The zero-order chi connectivity index (χ0) is 15.9. The predicted molar refractivity (Wildman–Crippen MR) is 85.5 cm³/mol. The summed E-state index contributed by atoms with van der Waals surface area (Å²) in [4.78, 5) is 25.9. The molecular formula is C16H21ClN2O3. The van der Waals surface area contributed by atoms with Gasteiger partial charge in [-0.2, -0.15) is 0 Å². The Kier molecular flexibility index (Phi) is 6.36. The highest BCUT2D eigenvalue weighted by Gasteiger charge is 2.25. The molecule has 0 radical (unpaired) electrons. The highest BCUT2D eigenvalue weighted by Crippen LogP contribution is 2.17. The molecule has 0 aromatic heterocycles. The Morgan fingerprint density at radius 1 is 1.23 bits per heavy atom. The third-order valence-corrected chi connectivity index (χ3v) is 4.08. The molecule has 1 heterocycles. The summed E-state index contributed by atoms with van der Waals surface area (Å²) in [5.74, 6) is -1.60. The van der Waals surface area contributed by atoms with Crippen molar-refractivity contribution in [1.29, 1.82) is 0 Å². The molecular weight excluding hydrogens is 304 g/mol. The molecule has 1 aromatic carbocycles. The van der Waals surface area contributed by atoms with Gasteiger partial charge in [-0.25, -0.2) is 0 Å². The van der Waals surface area contributed by atoms with E-state index in [2.05, 4.69) is 10.2 Å². The summed E-state index contributed by atoms with van der Waals surface area (Å²) in [6, 6.07) is 6.62. The van der Waals surface area contributed by atoms with Crippen molar-refractivity contribution < 1.29 is 14.7 Å². The number of nitrogens with zero attached hydrogens (tertiary/aromatic N) is 1. The molecule has 0 saturated carbocycles. The van der Waals surface area contributed by atoms with Crippen LogP contribution < -0.4 is 5.32 Å². The van der Waals surface area contributed by atoms with E-state index >= 15 is 0 Å². The highest BCUT2D eigenvalue weighted by molar-refractivity contribution is 6.30. The van der Waals surface area contributed by atoms with Crippen molar-refractivity contribution in [2.45, 2.75) is 12.8 Å². The molecule has 6 heteroatoms. The zero-order valence-electron chi connectivity index (χ0n) is 12.4. The zero-order valence-corrected chi connectivity index (χ0v) is 13.2. The lowest BCUT2D eigenvalue weighted by atomic mass is 9.94. The maximum Gasteiger partial charge on any atom is 0.304 e. The first-order valence-electron chi connectivity index (χ1n) is 7.51. The summed E-state index contributed by atoms with van der Waals surface area (Å²) >= 11 is 5.83. The number of carboxylic acids is 1. The normalized spacial score (nSPS) is 17.7. The molecule has 5 nitrogen and oxygen atoms in total. The van der Waals surface area contributed by atoms with Crippen LogP contribution in [0.1, 0.15) is 23.2 Å². The summed E-state index contributed by atoms with van der Waals surface area (Å²) < 4.78 is 0. The molecule has 1 saturated heterocycles. The lowest BCUT2D eigenvalue weighted by Crippen LogP contribution is -2.36. The topological polar surface area (TPSA) is 69.6 Å². The number of hydrogen-bond donors (Lipinski definition) is 2. The van der Waals surface area contributed by atoms with Crippen LogP contribution in [0.2, 0.25) is 5.02 Å². The second-order valence-corrected chi connectivity index (χ2v) is 6.01. The minimum Gasteiger partial charge on any atom is -0.481 e. The number of aliphatic carboxylic acids is 1. The number of ketones is 1. The molecule has 0 aliphatic carbocycles. The Balaban J connectivity index is 2.08. The molecule has 1 aliphatic rings. The number of carbonyl (C=O) groups excluding carboxylic acids is 1. The molecule has 1 fully saturated rings. The molecule has 2 N–H and O–H groups in total. The molecule has 1 atom stereocenters. The smallest absolute Gasteiger partial charge is 0.304 e. The monoisotopic (exact) mass is 324 g/mol. The molecule has 1 aromatic rings. The Bertz CT molecular complexity index is 511. The van der Waals surface area contributed by atoms with Crippen molar-refractivity contribution in [2.75, 3.05) is 32.7 Å². The minimum atomic E-state index is -0.944. The van der Waals surface area contributed by atoms with E-state index in [4.69, 9.17) is 16.7 Å². The molecule has 0 amide bonds. The molecule has 2 rings (SSSR count). The van der Waals surface area contributed by atoms with E-state index in [9.17, 15) is 9.59 Å². The molecule has 1 unspecified atom stereocenters. The van der Waals surface area contributed by atoms with E-state index in [0.717, 1.165) is 32.6 Å². The Hall–Kier alpha value is -1.43. The van der Waals surface area contributed by atoms with Gasteiger partial charge in [0.2, 0.25) is 0 Å². The number of Topliss-reactive ketones (excluding diaryl/α,β-unsaturated/α-hetero) is 1. The van der Waals surface area contributed by atoms with Gasteiger partial charge in [-0.05, 0) is 43.8 Å². The number of halogens is 1.